The number of thiazole rings is 1. The topological polar surface area (TPSA) is 33.2 Å². The Morgan fingerprint density at radius 3 is 2.93 bits per heavy atom. The van der Waals surface area contributed by atoms with E-state index in [-0.39, 0.29) is 23.7 Å². The minimum absolute atomic E-state index is 0.0484. The number of amides is 1. The normalized spacial score (nSPS) is 22.3. The van der Waals surface area contributed by atoms with E-state index >= 15 is 0 Å². The highest BCUT2D eigenvalue weighted by Crippen LogP contribution is 2.37. The number of nitrogens with zero attached hydrogens (tertiary/aromatic N) is 2. The lowest BCUT2D eigenvalue weighted by Crippen LogP contribution is -2.45. The van der Waals surface area contributed by atoms with Crippen LogP contribution in [0.25, 0.3) is 10.6 Å². The third kappa shape index (κ3) is 3.11. The van der Waals surface area contributed by atoms with Crippen molar-refractivity contribution in [3.63, 3.8) is 0 Å². The highest BCUT2D eigenvalue weighted by Gasteiger charge is 2.36. The smallest absolute Gasteiger partial charge is 0.254 e. The third-order valence-corrected chi connectivity index (χ3v) is 7.56. The second-order valence-corrected chi connectivity index (χ2v) is 9.11. The summed E-state index contributed by atoms with van der Waals surface area (Å²) in [5.41, 5.74) is 2.55. The van der Waals surface area contributed by atoms with E-state index in [1.807, 2.05) is 11.0 Å². The fourth-order valence-corrected chi connectivity index (χ4v) is 5.95. The van der Waals surface area contributed by atoms with Gasteiger partial charge in [0, 0.05) is 29.4 Å². The molecule has 2 atom stereocenters. The fraction of sp³-hybridized carbons (Fsp3) is 0.333. The maximum absolute atomic E-state index is 13.6. The summed E-state index contributed by atoms with van der Waals surface area (Å²) in [6.45, 7) is 0.706. The van der Waals surface area contributed by atoms with Crippen molar-refractivity contribution in [2.24, 2.45) is 0 Å². The first-order chi connectivity index (χ1) is 13.2. The number of aryl methyl sites for hydroxylation is 1. The monoisotopic (exact) mass is 398 g/mol. The maximum atomic E-state index is 13.6. The van der Waals surface area contributed by atoms with Crippen LogP contribution in [0, 0.1) is 5.82 Å². The molecule has 0 bridgehead atoms. The molecule has 3 aromatic rings. The summed E-state index contributed by atoms with van der Waals surface area (Å²) < 4.78 is 13.6. The summed E-state index contributed by atoms with van der Waals surface area (Å²) >= 11 is 3.40. The molecule has 6 heteroatoms. The van der Waals surface area contributed by atoms with E-state index in [2.05, 4.69) is 16.8 Å². The van der Waals surface area contributed by atoms with E-state index in [0.717, 1.165) is 41.9 Å². The Morgan fingerprint density at radius 1 is 1.15 bits per heavy atom. The van der Waals surface area contributed by atoms with Crippen LogP contribution in [0.3, 0.4) is 0 Å². The first-order valence-electron chi connectivity index (χ1n) is 9.28. The van der Waals surface area contributed by atoms with E-state index in [4.69, 9.17) is 4.98 Å². The molecule has 1 saturated heterocycles. The molecule has 3 nitrogen and oxygen atoms in total. The lowest BCUT2D eigenvalue weighted by molar-refractivity contribution is 0.0588. The summed E-state index contributed by atoms with van der Waals surface area (Å²) in [4.78, 5) is 21.2. The SMILES string of the molecule is O=C1c2ccc(F)cc2CCC2CCC(c3nc(-c4cccs4)cs3)CN12. The van der Waals surface area contributed by atoms with Gasteiger partial charge in [0.05, 0.1) is 15.6 Å². The maximum Gasteiger partial charge on any atom is 0.254 e. The number of halogens is 1. The molecule has 138 valence electrons. The van der Waals surface area contributed by atoms with Gasteiger partial charge in [0.1, 0.15) is 5.82 Å². The first kappa shape index (κ1) is 17.1. The van der Waals surface area contributed by atoms with Crippen LogP contribution in [0.1, 0.15) is 46.1 Å². The minimum atomic E-state index is -0.261. The highest BCUT2D eigenvalue weighted by molar-refractivity contribution is 7.14. The lowest BCUT2D eigenvalue weighted by Gasteiger charge is -2.38. The Kier molecular flexibility index (Phi) is 4.32. The molecule has 27 heavy (non-hydrogen) atoms. The number of fused-ring (bicyclic) bond motifs is 2. The van der Waals surface area contributed by atoms with Crippen molar-refractivity contribution in [3.05, 3.63) is 63.0 Å². The molecule has 5 rings (SSSR count). The Hall–Kier alpha value is -2.05. The fourth-order valence-electron chi connectivity index (χ4n) is 4.24. The van der Waals surface area contributed by atoms with Gasteiger partial charge >= 0.3 is 0 Å². The lowest BCUT2D eigenvalue weighted by atomic mass is 9.91. The molecule has 2 unspecified atom stereocenters. The van der Waals surface area contributed by atoms with Crippen LogP contribution in [0.5, 0.6) is 0 Å². The van der Waals surface area contributed by atoms with E-state index in [0.29, 0.717) is 12.1 Å². The molecule has 0 spiro atoms. The third-order valence-electron chi connectivity index (χ3n) is 5.66. The first-order valence-corrected chi connectivity index (χ1v) is 11.0. The van der Waals surface area contributed by atoms with Crippen LogP contribution in [0.15, 0.2) is 41.1 Å². The van der Waals surface area contributed by atoms with Gasteiger partial charge in [-0.1, -0.05) is 6.07 Å². The second kappa shape index (κ2) is 6.84. The second-order valence-electron chi connectivity index (χ2n) is 7.27. The minimum Gasteiger partial charge on any atom is -0.335 e. The molecular weight excluding hydrogens is 379 g/mol. The number of benzene rings is 1. The summed E-state index contributed by atoms with van der Waals surface area (Å²) in [6, 6.07) is 8.96. The van der Waals surface area contributed by atoms with Crippen molar-refractivity contribution in [2.75, 3.05) is 6.54 Å². The zero-order valence-electron chi connectivity index (χ0n) is 14.7. The molecule has 2 aliphatic heterocycles. The Balaban J connectivity index is 1.41. The van der Waals surface area contributed by atoms with Crippen LogP contribution in [0.2, 0.25) is 0 Å². The largest absolute Gasteiger partial charge is 0.335 e. The average molecular weight is 399 g/mol. The van der Waals surface area contributed by atoms with Gasteiger partial charge < -0.3 is 4.90 Å². The molecule has 2 aliphatic rings. The molecule has 1 fully saturated rings. The van der Waals surface area contributed by atoms with Crippen molar-refractivity contribution < 1.29 is 9.18 Å². The molecular formula is C21H19FN2OS2. The van der Waals surface area contributed by atoms with Crippen molar-refractivity contribution in [3.8, 4) is 10.6 Å². The standard InChI is InChI=1S/C21H19FN2OS2/c22-15-5-8-17-13(10-15)3-6-16-7-4-14(11-24(16)21(17)25)20-23-18(12-27-20)19-2-1-9-26-19/h1-2,5,8-10,12,14,16H,3-4,6-7,11H2. The average Bonchev–Trinajstić information content (AvgIpc) is 3.35. The van der Waals surface area contributed by atoms with E-state index in [1.165, 1.54) is 17.0 Å². The molecule has 4 heterocycles. The van der Waals surface area contributed by atoms with Crippen molar-refractivity contribution in [1.82, 2.24) is 9.88 Å². The van der Waals surface area contributed by atoms with Gasteiger partial charge in [-0.3, -0.25) is 4.79 Å². The molecule has 1 aromatic carbocycles. The molecule has 0 saturated carbocycles. The Labute approximate surface area is 165 Å². The predicted molar refractivity (Wildman–Crippen MR) is 107 cm³/mol. The van der Waals surface area contributed by atoms with Crippen LogP contribution in [-0.4, -0.2) is 28.4 Å². The summed E-state index contributed by atoms with van der Waals surface area (Å²) in [6.07, 6.45) is 3.72. The number of hydrogen-bond donors (Lipinski definition) is 0. The zero-order valence-corrected chi connectivity index (χ0v) is 16.4. The molecule has 0 radical (unpaired) electrons. The summed E-state index contributed by atoms with van der Waals surface area (Å²) in [5, 5.41) is 5.30. The molecule has 1 amide bonds. The van der Waals surface area contributed by atoms with Crippen molar-refractivity contribution >= 4 is 28.6 Å². The van der Waals surface area contributed by atoms with E-state index in [1.54, 1.807) is 28.7 Å². The molecule has 2 aromatic heterocycles. The van der Waals surface area contributed by atoms with Crippen LogP contribution in [0.4, 0.5) is 4.39 Å². The predicted octanol–water partition coefficient (Wildman–Crippen LogP) is 5.35. The quantitative estimate of drug-likeness (QED) is 0.583. The number of hydrogen-bond acceptors (Lipinski definition) is 4. The zero-order chi connectivity index (χ0) is 18.4. The van der Waals surface area contributed by atoms with Crippen LogP contribution in [-0.2, 0) is 6.42 Å². The van der Waals surface area contributed by atoms with Gasteiger partial charge in [0.2, 0.25) is 0 Å². The summed E-state index contributed by atoms with van der Waals surface area (Å²) in [7, 11) is 0. The Morgan fingerprint density at radius 2 is 2.07 bits per heavy atom. The van der Waals surface area contributed by atoms with Gasteiger partial charge in [0.15, 0.2) is 0 Å². The number of piperidine rings is 1. The van der Waals surface area contributed by atoms with Crippen molar-refractivity contribution in [2.45, 2.75) is 37.6 Å². The van der Waals surface area contributed by atoms with E-state index < -0.39 is 0 Å². The Bertz CT molecular complexity index is 982. The number of thiophene rings is 1. The molecule has 0 aliphatic carbocycles. The number of aromatic nitrogens is 1. The number of rotatable bonds is 2. The van der Waals surface area contributed by atoms with Gasteiger partial charge in [-0.25, -0.2) is 9.37 Å². The van der Waals surface area contributed by atoms with Gasteiger partial charge in [-0.15, -0.1) is 22.7 Å². The van der Waals surface area contributed by atoms with Gasteiger partial charge in [0.25, 0.3) is 5.91 Å². The highest BCUT2D eigenvalue weighted by atomic mass is 32.1. The summed E-state index contributed by atoms with van der Waals surface area (Å²) in [5.74, 6) is 0.0707. The van der Waals surface area contributed by atoms with Gasteiger partial charge in [-0.05, 0) is 60.9 Å². The van der Waals surface area contributed by atoms with Crippen LogP contribution >= 0.6 is 22.7 Å². The molecule has 0 N–H and O–H groups in total. The van der Waals surface area contributed by atoms with Gasteiger partial charge in [-0.2, -0.15) is 0 Å². The number of carbonyl (C=O) groups is 1. The van der Waals surface area contributed by atoms with E-state index in [9.17, 15) is 9.18 Å². The van der Waals surface area contributed by atoms with Crippen molar-refractivity contribution in [1.29, 1.82) is 0 Å². The number of carbonyl (C=O) groups excluding carboxylic acids is 1. The van der Waals surface area contributed by atoms with Crippen LogP contribution < -0.4 is 0 Å².